The van der Waals surface area contributed by atoms with Gasteiger partial charge < -0.3 is 5.32 Å². The van der Waals surface area contributed by atoms with Crippen molar-refractivity contribution in [1.82, 2.24) is 5.43 Å². The van der Waals surface area contributed by atoms with E-state index in [1.807, 2.05) is 0 Å². The van der Waals surface area contributed by atoms with Crippen molar-refractivity contribution in [1.29, 1.82) is 0 Å². The monoisotopic (exact) mass is 343 g/mol. The summed E-state index contributed by atoms with van der Waals surface area (Å²) in [6, 6.07) is 6.70. The zero-order valence-corrected chi connectivity index (χ0v) is 13.9. The lowest BCUT2D eigenvalue weighted by molar-refractivity contribution is 0.252. The van der Waals surface area contributed by atoms with Crippen molar-refractivity contribution in [3.63, 3.8) is 0 Å². The zero-order valence-electron chi connectivity index (χ0n) is 12.3. The Bertz CT molecular complexity index is 522. The number of hydrogen-bond donors (Lipinski definition) is 2. The number of hydrogen-bond acceptors (Lipinski definition) is 3. The van der Waals surface area contributed by atoms with Gasteiger partial charge in [-0.25, -0.2) is 0 Å². The Morgan fingerprint density at radius 2 is 1.91 bits per heavy atom. The van der Waals surface area contributed by atoms with Crippen molar-refractivity contribution in [2.45, 2.75) is 43.3 Å². The van der Waals surface area contributed by atoms with E-state index in [1.54, 1.807) is 24.3 Å². The molecule has 120 valence electrons. The third kappa shape index (κ3) is 5.88. The van der Waals surface area contributed by atoms with Crippen LogP contribution < -0.4 is 10.7 Å². The standard InChI is InChI=1S/C15H19F2N3S2/c1-10-2-4-12(5-3-10)19-20-15(21)18-11-6-8-13(9-7-11)22-14(16)17/h6-10,14H,2-5H2,1H3,(H2,18,20,21). The van der Waals surface area contributed by atoms with Gasteiger partial charge in [0.05, 0.1) is 0 Å². The average Bonchev–Trinajstić information content (AvgIpc) is 2.48. The maximum absolute atomic E-state index is 12.2. The Morgan fingerprint density at radius 3 is 2.50 bits per heavy atom. The molecule has 3 nitrogen and oxygen atoms in total. The number of alkyl halides is 2. The maximum atomic E-state index is 12.2. The highest BCUT2D eigenvalue weighted by Gasteiger charge is 2.13. The van der Waals surface area contributed by atoms with E-state index < -0.39 is 5.76 Å². The minimum absolute atomic E-state index is 0.403. The predicted octanol–water partition coefficient (Wildman–Crippen LogP) is 4.85. The summed E-state index contributed by atoms with van der Waals surface area (Å²) in [5.74, 6) is -1.63. The van der Waals surface area contributed by atoms with Gasteiger partial charge in [-0.3, -0.25) is 5.43 Å². The van der Waals surface area contributed by atoms with Crippen LogP contribution in [0.3, 0.4) is 0 Å². The molecule has 1 aliphatic rings. The smallest absolute Gasteiger partial charge is 0.288 e. The number of benzene rings is 1. The molecule has 0 aliphatic heterocycles. The molecule has 0 bridgehead atoms. The molecule has 0 atom stereocenters. The number of hydrazone groups is 1. The van der Waals surface area contributed by atoms with Crippen LogP contribution in [0.4, 0.5) is 14.5 Å². The van der Waals surface area contributed by atoms with E-state index in [2.05, 4.69) is 22.8 Å². The van der Waals surface area contributed by atoms with Crippen molar-refractivity contribution < 1.29 is 8.78 Å². The predicted molar refractivity (Wildman–Crippen MR) is 92.7 cm³/mol. The molecule has 0 heterocycles. The number of nitrogens with zero attached hydrogens (tertiary/aromatic N) is 1. The highest BCUT2D eigenvalue weighted by atomic mass is 32.2. The van der Waals surface area contributed by atoms with Crippen molar-refractivity contribution in [2.75, 3.05) is 5.32 Å². The van der Waals surface area contributed by atoms with Crippen molar-refractivity contribution >= 4 is 40.5 Å². The topological polar surface area (TPSA) is 36.4 Å². The van der Waals surface area contributed by atoms with Gasteiger partial charge in [0.2, 0.25) is 0 Å². The van der Waals surface area contributed by atoms with E-state index in [-0.39, 0.29) is 0 Å². The fraction of sp³-hybridized carbons (Fsp3) is 0.467. The molecular formula is C15H19F2N3S2. The van der Waals surface area contributed by atoms with Gasteiger partial charge in [-0.1, -0.05) is 18.7 Å². The molecule has 0 radical (unpaired) electrons. The van der Waals surface area contributed by atoms with Crippen LogP contribution in [0.5, 0.6) is 0 Å². The third-order valence-corrected chi connectivity index (χ3v) is 4.42. The van der Waals surface area contributed by atoms with Crippen molar-refractivity contribution in [3.05, 3.63) is 24.3 Å². The fourth-order valence-corrected chi connectivity index (χ4v) is 2.88. The lowest BCUT2D eigenvalue weighted by Crippen LogP contribution is -2.26. The number of anilines is 1. The zero-order chi connectivity index (χ0) is 15.9. The van der Waals surface area contributed by atoms with Crippen molar-refractivity contribution in [3.8, 4) is 0 Å². The minimum atomic E-state index is -2.41. The van der Waals surface area contributed by atoms with Gasteiger partial charge in [0.15, 0.2) is 5.11 Å². The van der Waals surface area contributed by atoms with Gasteiger partial charge in [-0.15, -0.1) is 0 Å². The van der Waals surface area contributed by atoms with Crippen LogP contribution in [0, 0.1) is 5.92 Å². The van der Waals surface area contributed by atoms with E-state index in [0.29, 0.717) is 21.8 Å². The van der Waals surface area contributed by atoms with Gasteiger partial charge in [-0.05, 0) is 68.1 Å². The Labute approximate surface area is 138 Å². The van der Waals surface area contributed by atoms with E-state index >= 15 is 0 Å². The van der Waals surface area contributed by atoms with Crippen LogP contribution >= 0.6 is 24.0 Å². The van der Waals surface area contributed by atoms with Gasteiger partial charge in [-0.2, -0.15) is 13.9 Å². The first-order valence-electron chi connectivity index (χ1n) is 7.20. The molecule has 1 saturated carbocycles. The first kappa shape index (κ1) is 17.1. The lowest BCUT2D eigenvalue weighted by Gasteiger charge is -2.19. The molecular weight excluding hydrogens is 324 g/mol. The molecule has 1 aliphatic carbocycles. The van der Waals surface area contributed by atoms with E-state index in [9.17, 15) is 8.78 Å². The first-order valence-corrected chi connectivity index (χ1v) is 8.49. The van der Waals surface area contributed by atoms with Crippen LogP contribution in [0.1, 0.15) is 32.6 Å². The number of rotatable bonds is 4. The largest absolute Gasteiger partial charge is 0.331 e. The summed E-state index contributed by atoms with van der Waals surface area (Å²) in [4.78, 5) is 0.524. The second-order valence-electron chi connectivity index (χ2n) is 5.33. The molecule has 0 amide bonds. The molecule has 2 N–H and O–H groups in total. The van der Waals surface area contributed by atoms with E-state index in [1.165, 1.54) is 12.8 Å². The first-order chi connectivity index (χ1) is 10.5. The van der Waals surface area contributed by atoms with Crippen molar-refractivity contribution in [2.24, 2.45) is 11.0 Å². The maximum Gasteiger partial charge on any atom is 0.288 e. The molecule has 0 aromatic heterocycles. The molecule has 2 rings (SSSR count). The average molecular weight is 343 g/mol. The molecule has 7 heteroatoms. The lowest BCUT2D eigenvalue weighted by atomic mass is 9.90. The summed E-state index contributed by atoms with van der Waals surface area (Å²) < 4.78 is 24.5. The van der Waals surface area contributed by atoms with E-state index in [4.69, 9.17) is 12.2 Å². The van der Waals surface area contributed by atoms with Gasteiger partial charge in [0, 0.05) is 16.3 Å². The van der Waals surface area contributed by atoms with Crippen LogP contribution in [-0.4, -0.2) is 16.6 Å². The van der Waals surface area contributed by atoms with E-state index in [0.717, 1.165) is 30.2 Å². The summed E-state index contributed by atoms with van der Waals surface area (Å²) in [5.41, 5.74) is 4.73. The molecule has 1 fully saturated rings. The number of thiocarbonyl (C=S) groups is 1. The summed E-state index contributed by atoms with van der Waals surface area (Å²) >= 11 is 5.70. The second-order valence-corrected chi connectivity index (χ2v) is 6.80. The molecule has 0 saturated heterocycles. The van der Waals surface area contributed by atoms with Gasteiger partial charge in [0.1, 0.15) is 0 Å². The van der Waals surface area contributed by atoms with Gasteiger partial charge >= 0.3 is 0 Å². The SMILES string of the molecule is CC1CCC(=NNC(=S)Nc2ccc(SC(F)F)cc2)CC1. The minimum Gasteiger partial charge on any atom is -0.331 e. The van der Waals surface area contributed by atoms with Gasteiger partial charge in [0.25, 0.3) is 5.76 Å². The molecule has 1 aromatic rings. The Morgan fingerprint density at radius 1 is 1.27 bits per heavy atom. The quantitative estimate of drug-likeness (QED) is 0.465. The Hall–Kier alpha value is -1.21. The Balaban J connectivity index is 1.80. The van der Waals surface area contributed by atoms with Crippen LogP contribution in [-0.2, 0) is 0 Å². The summed E-state index contributed by atoms with van der Waals surface area (Å²) in [6.45, 7) is 2.26. The van der Waals surface area contributed by atoms with Crippen LogP contribution in [0.15, 0.2) is 34.3 Å². The third-order valence-electron chi connectivity index (χ3n) is 3.50. The molecule has 0 unspecified atom stereocenters. The summed E-state index contributed by atoms with van der Waals surface area (Å²) in [6.07, 6.45) is 4.36. The molecule has 1 aromatic carbocycles. The fourth-order valence-electron chi connectivity index (χ4n) is 2.22. The normalized spacial score (nSPS) is 18.2. The van der Waals surface area contributed by atoms with Crippen LogP contribution in [0.2, 0.25) is 0 Å². The number of halogens is 2. The van der Waals surface area contributed by atoms with Crippen LogP contribution in [0.25, 0.3) is 0 Å². The summed E-state index contributed by atoms with van der Waals surface area (Å²) in [5, 5.41) is 7.72. The number of nitrogens with one attached hydrogen (secondary N) is 2. The highest BCUT2D eigenvalue weighted by molar-refractivity contribution is 7.99. The highest BCUT2D eigenvalue weighted by Crippen LogP contribution is 2.26. The molecule has 0 spiro atoms. The summed E-state index contributed by atoms with van der Waals surface area (Å²) in [7, 11) is 0. The Kier molecular flexibility index (Phi) is 6.57. The number of thioether (sulfide) groups is 1. The second kappa shape index (κ2) is 8.43. The molecule has 22 heavy (non-hydrogen) atoms.